The number of benzene rings is 2. The molecule has 0 unspecified atom stereocenters. The minimum absolute atomic E-state index is 0.158. The average molecular weight is 222 g/mol. The second kappa shape index (κ2) is 4.32. The van der Waals surface area contributed by atoms with Crippen molar-refractivity contribution in [1.29, 1.82) is 0 Å². The van der Waals surface area contributed by atoms with Crippen LogP contribution >= 0.6 is 11.6 Å². The Balaban J connectivity index is 2.30. The summed E-state index contributed by atoms with van der Waals surface area (Å²) in [6.45, 7) is 0. The Morgan fingerprint density at radius 2 is 1.93 bits per heavy atom. The van der Waals surface area contributed by atoms with Crippen LogP contribution in [0.5, 0.6) is 11.5 Å². The topological polar surface area (TPSA) is 9.23 Å². The molecular weight excluding hydrogens is 215 g/mol. The van der Waals surface area contributed by atoms with E-state index in [1.54, 1.807) is 36.4 Å². The zero-order valence-corrected chi connectivity index (χ0v) is 8.46. The van der Waals surface area contributed by atoms with E-state index >= 15 is 0 Å². The van der Waals surface area contributed by atoms with Crippen LogP contribution in [0.2, 0.25) is 5.02 Å². The summed E-state index contributed by atoms with van der Waals surface area (Å²) in [4.78, 5) is 0. The molecule has 0 fully saturated rings. The fourth-order valence-corrected chi connectivity index (χ4v) is 1.29. The monoisotopic (exact) mass is 221 g/mol. The van der Waals surface area contributed by atoms with Crippen LogP contribution in [0.25, 0.3) is 0 Å². The number of ether oxygens (including phenoxy) is 1. The fraction of sp³-hybridized carbons (Fsp3) is 0. The Labute approximate surface area is 92.1 Å². The third-order valence-corrected chi connectivity index (χ3v) is 2.13. The number of rotatable bonds is 2. The molecule has 0 amide bonds. The second-order valence-electron chi connectivity index (χ2n) is 2.89. The number of hydrogen-bond donors (Lipinski definition) is 0. The third kappa shape index (κ3) is 2.28. The maximum Gasteiger partial charge on any atom is 0.165 e. The summed E-state index contributed by atoms with van der Waals surface area (Å²) in [5, 5.41) is 0.403. The van der Waals surface area contributed by atoms with Crippen LogP contribution in [0.4, 0.5) is 4.39 Å². The van der Waals surface area contributed by atoms with Crippen molar-refractivity contribution in [2.75, 3.05) is 0 Å². The van der Waals surface area contributed by atoms with Gasteiger partial charge in [-0.25, -0.2) is 4.39 Å². The lowest BCUT2D eigenvalue weighted by Crippen LogP contribution is -1.88. The van der Waals surface area contributed by atoms with Crippen LogP contribution in [0.1, 0.15) is 0 Å². The van der Waals surface area contributed by atoms with Crippen molar-refractivity contribution in [1.82, 2.24) is 0 Å². The van der Waals surface area contributed by atoms with Gasteiger partial charge in [-0.1, -0.05) is 29.8 Å². The average Bonchev–Trinajstić information content (AvgIpc) is 2.24. The van der Waals surface area contributed by atoms with E-state index in [4.69, 9.17) is 16.3 Å². The van der Waals surface area contributed by atoms with Gasteiger partial charge < -0.3 is 4.74 Å². The molecule has 15 heavy (non-hydrogen) atoms. The van der Waals surface area contributed by atoms with Gasteiger partial charge >= 0.3 is 0 Å². The molecule has 2 rings (SSSR count). The van der Waals surface area contributed by atoms with E-state index in [-0.39, 0.29) is 5.75 Å². The van der Waals surface area contributed by atoms with E-state index in [2.05, 4.69) is 6.07 Å². The molecule has 0 aliphatic rings. The van der Waals surface area contributed by atoms with Crippen molar-refractivity contribution in [3.63, 3.8) is 0 Å². The summed E-state index contributed by atoms with van der Waals surface area (Å²) in [6, 6.07) is 13.8. The first-order valence-electron chi connectivity index (χ1n) is 4.35. The van der Waals surface area contributed by atoms with Crippen molar-refractivity contribution < 1.29 is 9.13 Å². The molecule has 2 aromatic rings. The molecule has 0 spiro atoms. The summed E-state index contributed by atoms with van der Waals surface area (Å²) < 4.78 is 18.5. The van der Waals surface area contributed by atoms with Crippen LogP contribution < -0.4 is 4.74 Å². The zero-order chi connectivity index (χ0) is 10.7. The summed E-state index contributed by atoms with van der Waals surface area (Å²) in [5.74, 6) is 0.160. The maximum absolute atomic E-state index is 13.2. The van der Waals surface area contributed by atoms with Gasteiger partial charge in [-0.05, 0) is 30.3 Å². The predicted molar refractivity (Wildman–Crippen MR) is 56.8 cm³/mol. The van der Waals surface area contributed by atoms with Crippen molar-refractivity contribution in [2.45, 2.75) is 0 Å². The number of para-hydroxylation sites is 1. The quantitative estimate of drug-likeness (QED) is 0.743. The van der Waals surface area contributed by atoms with Gasteiger partial charge in [0.05, 0.1) is 5.02 Å². The van der Waals surface area contributed by atoms with E-state index in [9.17, 15) is 4.39 Å². The second-order valence-corrected chi connectivity index (χ2v) is 3.30. The van der Waals surface area contributed by atoms with Crippen LogP contribution in [0.3, 0.4) is 0 Å². The van der Waals surface area contributed by atoms with Gasteiger partial charge in [0.15, 0.2) is 11.6 Å². The Bertz CT molecular complexity index is 427. The van der Waals surface area contributed by atoms with E-state index in [1.165, 1.54) is 6.07 Å². The van der Waals surface area contributed by atoms with E-state index in [0.717, 1.165) is 0 Å². The summed E-state index contributed by atoms with van der Waals surface area (Å²) >= 11 is 5.85. The molecule has 75 valence electrons. The van der Waals surface area contributed by atoms with Gasteiger partial charge in [0.2, 0.25) is 0 Å². The summed E-state index contributed by atoms with van der Waals surface area (Å²) in [6.07, 6.45) is 0. The highest BCUT2D eigenvalue weighted by Crippen LogP contribution is 2.29. The first kappa shape index (κ1) is 9.99. The molecule has 0 aromatic heterocycles. The van der Waals surface area contributed by atoms with Gasteiger partial charge in [-0.2, -0.15) is 0 Å². The van der Waals surface area contributed by atoms with Gasteiger partial charge in [0, 0.05) is 0 Å². The predicted octanol–water partition coefficient (Wildman–Crippen LogP) is 4.07. The molecule has 0 bridgehead atoms. The van der Waals surface area contributed by atoms with Gasteiger partial charge in [-0.3, -0.25) is 0 Å². The van der Waals surface area contributed by atoms with Crippen molar-refractivity contribution >= 4 is 11.6 Å². The van der Waals surface area contributed by atoms with E-state index < -0.39 is 5.82 Å². The lowest BCUT2D eigenvalue weighted by atomic mass is 10.3. The highest BCUT2D eigenvalue weighted by atomic mass is 35.5. The summed E-state index contributed by atoms with van der Waals surface area (Å²) in [7, 11) is 0. The molecule has 1 radical (unpaired) electrons. The fourth-order valence-electron chi connectivity index (χ4n) is 1.12. The highest BCUT2D eigenvalue weighted by Gasteiger charge is 2.05. The Kier molecular flexibility index (Phi) is 2.88. The van der Waals surface area contributed by atoms with Gasteiger partial charge in [0.1, 0.15) is 5.75 Å². The van der Waals surface area contributed by atoms with Crippen LogP contribution in [0, 0.1) is 11.9 Å². The Morgan fingerprint density at radius 3 is 2.67 bits per heavy atom. The molecule has 0 atom stereocenters. The van der Waals surface area contributed by atoms with Crippen LogP contribution in [-0.4, -0.2) is 0 Å². The van der Waals surface area contributed by atoms with Crippen molar-refractivity contribution in [3.8, 4) is 11.5 Å². The maximum atomic E-state index is 13.2. The number of halogens is 2. The molecule has 0 saturated carbocycles. The van der Waals surface area contributed by atoms with Gasteiger partial charge in [-0.15, -0.1) is 0 Å². The molecule has 0 aliphatic carbocycles. The smallest absolute Gasteiger partial charge is 0.165 e. The SMILES string of the molecule is Fc1ccccc1Oc1cc[c]cc1Cl. The molecule has 0 heterocycles. The summed E-state index contributed by atoms with van der Waals surface area (Å²) in [5.41, 5.74) is 0. The van der Waals surface area contributed by atoms with E-state index in [1.807, 2.05) is 0 Å². The standard InChI is InChI=1S/C12H7ClFO/c13-9-5-1-3-7-11(9)15-12-8-4-2-6-10(12)14/h2-8H. The molecule has 0 saturated heterocycles. The normalized spacial score (nSPS) is 10.0. The van der Waals surface area contributed by atoms with E-state index in [0.29, 0.717) is 10.8 Å². The minimum Gasteiger partial charge on any atom is -0.453 e. The third-order valence-electron chi connectivity index (χ3n) is 1.83. The molecule has 3 heteroatoms. The molecule has 2 aromatic carbocycles. The first-order valence-corrected chi connectivity index (χ1v) is 4.73. The molecule has 1 nitrogen and oxygen atoms in total. The van der Waals surface area contributed by atoms with Crippen LogP contribution in [-0.2, 0) is 0 Å². The lowest BCUT2D eigenvalue weighted by Gasteiger charge is -2.07. The minimum atomic E-state index is -0.415. The number of hydrogen-bond acceptors (Lipinski definition) is 1. The van der Waals surface area contributed by atoms with Crippen molar-refractivity contribution in [2.24, 2.45) is 0 Å². The van der Waals surface area contributed by atoms with Crippen molar-refractivity contribution in [3.05, 3.63) is 59.4 Å². The first-order chi connectivity index (χ1) is 7.27. The lowest BCUT2D eigenvalue weighted by molar-refractivity contribution is 0.442. The molecular formula is C12H7ClFO. The molecule has 0 aliphatic heterocycles. The largest absolute Gasteiger partial charge is 0.453 e. The molecule has 0 N–H and O–H groups in total. The zero-order valence-electron chi connectivity index (χ0n) is 7.71. The van der Waals surface area contributed by atoms with Gasteiger partial charge in [0.25, 0.3) is 0 Å². The Hall–Kier alpha value is -1.54. The highest BCUT2D eigenvalue weighted by molar-refractivity contribution is 6.32. The Morgan fingerprint density at radius 1 is 1.13 bits per heavy atom. The van der Waals surface area contributed by atoms with Crippen LogP contribution in [0.15, 0.2) is 42.5 Å².